The van der Waals surface area contributed by atoms with E-state index in [1.54, 1.807) is 38.5 Å². The molecule has 21 heavy (non-hydrogen) atoms. The molecule has 3 aliphatic rings. The van der Waals surface area contributed by atoms with E-state index in [0.717, 1.165) is 23.2 Å². The van der Waals surface area contributed by atoms with Crippen LogP contribution in [-0.4, -0.2) is 0 Å². The summed E-state index contributed by atoms with van der Waals surface area (Å²) in [6.07, 6.45) is 24.8. The van der Waals surface area contributed by atoms with Gasteiger partial charge in [-0.15, -0.1) is 0 Å². The summed E-state index contributed by atoms with van der Waals surface area (Å²) in [5.74, 6) is 3.20. The topological polar surface area (TPSA) is 0 Å². The Kier molecular flexibility index (Phi) is 5.68. The van der Waals surface area contributed by atoms with Crippen molar-refractivity contribution in [3.63, 3.8) is 0 Å². The number of rotatable bonds is 2. The van der Waals surface area contributed by atoms with Gasteiger partial charge in [-0.2, -0.15) is 0 Å². The van der Waals surface area contributed by atoms with Crippen molar-refractivity contribution in [3.8, 4) is 0 Å². The second kappa shape index (κ2) is 7.51. The summed E-state index contributed by atoms with van der Waals surface area (Å²) in [7, 11) is 0. The maximum atomic E-state index is 2.50. The first-order valence-corrected chi connectivity index (χ1v) is 10.3. The highest BCUT2D eigenvalue weighted by Gasteiger charge is 2.45. The van der Waals surface area contributed by atoms with Gasteiger partial charge in [-0.25, -0.2) is 0 Å². The molecule has 0 spiro atoms. The Morgan fingerprint density at radius 2 is 0.905 bits per heavy atom. The van der Waals surface area contributed by atoms with Crippen LogP contribution in [0.15, 0.2) is 0 Å². The minimum absolute atomic E-state index is 0.779. The monoisotopic (exact) mass is 290 g/mol. The maximum absolute atomic E-state index is 2.50. The van der Waals surface area contributed by atoms with Gasteiger partial charge in [0, 0.05) is 0 Å². The molecule has 3 fully saturated rings. The molecule has 122 valence electrons. The molecule has 0 radical (unpaired) electrons. The lowest BCUT2D eigenvalue weighted by Gasteiger charge is -2.51. The fourth-order valence-electron chi connectivity index (χ4n) is 6.16. The van der Waals surface area contributed by atoms with E-state index in [9.17, 15) is 0 Å². The Morgan fingerprint density at radius 1 is 0.524 bits per heavy atom. The standard InChI is InChI=1S/C21H38/c1-18-14-16-21(17-15-18,19-10-6-2-3-7-11-19)20-12-8-4-5-9-13-20/h18-20H,2-17H2,1H3. The molecular formula is C21H38. The molecule has 0 heteroatoms. The van der Waals surface area contributed by atoms with Gasteiger partial charge in [-0.3, -0.25) is 0 Å². The van der Waals surface area contributed by atoms with Crippen molar-refractivity contribution in [3.05, 3.63) is 0 Å². The molecule has 0 heterocycles. The first-order chi connectivity index (χ1) is 10.3. The predicted molar refractivity (Wildman–Crippen MR) is 92.4 cm³/mol. The van der Waals surface area contributed by atoms with E-state index in [1.165, 1.54) is 64.2 Å². The number of hydrogen-bond donors (Lipinski definition) is 0. The third-order valence-electron chi connectivity index (χ3n) is 7.54. The minimum atomic E-state index is 0.779. The summed E-state index contributed by atoms with van der Waals surface area (Å²) in [6.45, 7) is 2.50. The van der Waals surface area contributed by atoms with Gasteiger partial charge in [-0.05, 0) is 61.7 Å². The van der Waals surface area contributed by atoms with Crippen LogP contribution in [-0.2, 0) is 0 Å². The molecular weight excluding hydrogens is 252 g/mol. The van der Waals surface area contributed by atoms with Gasteiger partial charge >= 0.3 is 0 Å². The first-order valence-electron chi connectivity index (χ1n) is 10.3. The summed E-state index contributed by atoms with van der Waals surface area (Å²) in [5, 5.41) is 0. The van der Waals surface area contributed by atoms with E-state index >= 15 is 0 Å². The fourth-order valence-corrected chi connectivity index (χ4v) is 6.16. The maximum Gasteiger partial charge on any atom is -0.0241 e. The molecule has 0 aromatic heterocycles. The molecule has 3 saturated carbocycles. The molecule has 0 amide bonds. The average molecular weight is 291 g/mol. The Bertz CT molecular complexity index is 259. The van der Waals surface area contributed by atoms with Crippen LogP contribution in [0, 0.1) is 23.2 Å². The van der Waals surface area contributed by atoms with E-state index in [2.05, 4.69) is 6.92 Å². The van der Waals surface area contributed by atoms with Crippen molar-refractivity contribution in [2.45, 2.75) is 110 Å². The van der Waals surface area contributed by atoms with Crippen LogP contribution in [0.3, 0.4) is 0 Å². The van der Waals surface area contributed by atoms with Crippen LogP contribution < -0.4 is 0 Å². The lowest BCUT2D eigenvalue weighted by atomic mass is 9.54. The molecule has 0 unspecified atom stereocenters. The molecule has 0 aliphatic heterocycles. The largest absolute Gasteiger partial charge is 0.0625 e. The summed E-state index contributed by atoms with van der Waals surface area (Å²) in [4.78, 5) is 0. The quantitative estimate of drug-likeness (QED) is 0.475. The highest BCUT2D eigenvalue weighted by atomic mass is 14.5. The third-order valence-corrected chi connectivity index (χ3v) is 7.54. The van der Waals surface area contributed by atoms with E-state index < -0.39 is 0 Å². The van der Waals surface area contributed by atoms with Gasteiger partial charge < -0.3 is 0 Å². The summed E-state index contributed by atoms with van der Waals surface area (Å²) < 4.78 is 0. The Balaban J connectivity index is 1.78. The van der Waals surface area contributed by atoms with E-state index in [0.29, 0.717) is 0 Å². The van der Waals surface area contributed by atoms with Crippen LogP contribution in [0.2, 0.25) is 0 Å². The van der Waals surface area contributed by atoms with Crippen molar-refractivity contribution >= 4 is 0 Å². The SMILES string of the molecule is CC1CCC(C2CCCCCC2)(C2CCCCCC2)CC1. The molecule has 0 aromatic rings. The molecule has 0 N–H and O–H groups in total. The van der Waals surface area contributed by atoms with Crippen LogP contribution in [0.1, 0.15) is 110 Å². The van der Waals surface area contributed by atoms with Crippen molar-refractivity contribution in [2.24, 2.45) is 23.2 Å². The Hall–Kier alpha value is 0. The molecule has 3 rings (SSSR count). The van der Waals surface area contributed by atoms with Crippen LogP contribution in [0.5, 0.6) is 0 Å². The van der Waals surface area contributed by atoms with Crippen LogP contribution >= 0.6 is 0 Å². The van der Waals surface area contributed by atoms with Gasteiger partial charge in [-0.1, -0.05) is 71.1 Å². The van der Waals surface area contributed by atoms with E-state index in [4.69, 9.17) is 0 Å². The van der Waals surface area contributed by atoms with Crippen molar-refractivity contribution in [1.82, 2.24) is 0 Å². The second-order valence-corrected chi connectivity index (χ2v) is 8.79. The zero-order valence-corrected chi connectivity index (χ0v) is 14.5. The Morgan fingerprint density at radius 3 is 1.29 bits per heavy atom. The second-order valence-electron chi connectivity index (χ2n) is 8.79. The molecule has 0 atom stereocenters. The fraction of sp³-hybridized carbons (Fsp3) is 1.00. The first kappa shape index (κ1) is 15.9. The molecule has 3 aliphatic carbocycles. The van der Waals surface area contributed by atoms with Crippen LogP contribution in [0.25, 0.3) is 0 Å². The predicted octanol–water partition coefficient (Wildman–Crippen LogP) is 7.12. The summed E-state index contributed by atoms with van der Waals surface area (Å²) in [5.41, 5.74) is 0.779. The zero-order chi connectivity index (χ0) is 14.5. The highest BCUT2D eigenvalue weighted by Crippen LogP contribution is 2.56. The van der Waals surface area contributed by atoms with Gasteiger partial charge in [0.2, 0.25) is 0 Å². The Labute approximate surface area is 133 Å². The van der Waals surface area contributed by atoms with Crippen molar-refractivity contribution in [1.29, 1.82) is 0 Å². The molecule has 0 saturated heterocycles. The lowest BCUT2D eigenvalue weighted by Crippen LogP contribution is -2.41. The summed E-state index contributed by atoms with van der Waals surface area (Å²) in [6, 6.07) is 0. The molecule has 0 bridgehead atoms. The van der Waals surface area contributed by atoms with E-state index in [-0.39, 0.29) is 0 Å². The van der Waals surface area contributed by atoms with Gasteiger partial charge in [0.05, 0.1) is 0 Å². The molecule has 0 nitrogen and oxygen atoms in total. The zero-order valence-electron chi connectivity index (χ0n) is 14.5. The highest BCUT2D eigenvalue weighted by molar-refractivity contribution is 4.96. The number of hydrogen-bond acceptors (Lipinski definition) is 0. The van der Waals surface area contributed by atoms with Crippen molar-refractivity contribution < 1.29 is 0 Å². The molecule has 0 aromatic carbocycles. The van der Waals surface area contributed by atoms with E-state index in [1.807, 2.05) is 0 Å². The van der Waals surface area contributed by atoms with Crippen molar-refractivity contribution in [2.75, 3.05) is 0 Å². The van der Waals surface area contributed by atoms with Crippen LogP contribution in [0.4, 0.5) is 0 Å². The minimum Gasteiger partial charge on any atom is -0.0625 e. The average Bonchev–Trinajstić information content (AvgIpc) is 2.94. The normalized spacial score (nSPS) is 30.7. The van der Waals surface area contributed by atoms with Gasteiger partial charge in [0.25, 0.3) is 0 Å². The summed E-state index contributed by atoms with van der Waals surface area (Å²) >= 11 is 0. The van der Waals surface area contributed by atoms with Gasteiger partial charge in [0.15, 0.2) is 0 Å². The third kappa shape index (κ3) is 3.67. The lowest BCUT2D eigenvalue weighted by molar-refractivity contribution is -0.00505. The van der Waals surface area contributed by atoms with Gasteiger partial charge in [0.1, 0.15) is 0 Å². The smallest absolute Gasteiger partial charge is 0.0241 e.